The van der Waals surface area contributed by atoms with Crippen LogP contribution in [0.4, 0.5) is 34.1 Å². The van der Waals surface area contributed by atoms with Crippen LogP contribution in [-0.4, -0.2) is 0 Å². The first-order valence-corrected chi connectivity index (χ1v) is 18.5. The minimum absolute atomic E-state index is 0.405. The van der Waals surface area contributed by atoms with E-state index in [4.69, 9.17) is 0 Å². The largest absolute Gasteiger partial charge is 0.310 e. The summed E-state index contributed by atoms with van der Waals surface area (Å²) >= 11 is 0. The Kier molecular flexibility index (Phi) is 7.89. The van der Waals surface area contributed by atoms with Gasteiger partial charge in [-0.2, -0.15) is 0 Å². The number of benzene rings is 8. The maximum atomic E-state index is 2.41. The predicted octanol–water partition coefficient (Wildman–Crippen LogP) is 14.8. The van der Waals surface area contributed by atoms with Crippen molar-refractivity contribution in [3.63, 3.8) is 0 Å². The highest BCUT2D eigenvalue weighted by Gasteiger charge is 2.25. The Balaban J connectivity index is 1.12. The molecular formula is C50H42N2. The summed E-state index contributed by atoms with van der Waals surface area (Å²) in [5.74, 6) is 0.810. The van der Waals surface area contributed by atoms with E-state index in [1.54, 1.807) is 0 Å². The maximum Gasteiger partial charge on any atom is 0.0496 e. The first-order valence-electron chi connectivity index (χ1n) is 18.5. The van der Waals surface area contributed by atoms with E-state index >= 15 is 0 Å². The molecule has 8 aromatic rings. The van der Waals surface area contributed by atoms with E-state index in [2.05, 4.69) is 207 Å². The van der Waals surface area contributed by atoms with Crippen molar-refractivity contribution < 1.29 is 0 Å². The number of fused-ring (bicyclic) bond motifs is 6. The van der Waals surface area contributed by atoms with Crippen LogP contribution in [-0.2, 0) is 0 Å². The summed E-state index contributed by atoms with van der Waals surface area (Å²) in [5, 5.41) is 5.02. The molecule has 52 heavy (non-hydrogen) atoms. The smallest absolute Gasteiger partial charge is 0.0496 e. The van der Waals surface area contributed by atoms with Gasteiger partial charge in [0.05, 0.1) is 0 Å². The molecule has 0 spiro atoms. The third-order valence-corrected chi connectivity index (χ3v) is 10.6. The van der Waals surface area contributed by atoms with Gasteiger partial charge in [0.15, 0.2) is 0 Å². The fourth-order valence-electron chi connectivity index (χ4n) is 8.04. The fourth-order valence-corrected chi connectivity index (χ4v) is 8.04. The molecule has 0 aliphatic heterocycles. The second-order valence-corrected chi connectivity index (χ2v) is 14.6. The number of hydrogen-bond acceptors (Lipinski definition) is 2. The van der Waals surface area contributed by atoms with Gasteiger partial charge in [0.25, 0.3) is 0 Å². The molecule has 0 N–H and O–H groups in total. The van der Waals surface area contributed by atoms with Gasteiger partial charge in [0, 0.05) is 34.1 Å². The summed E-state index contributed by atoms with van der Waals surface area (Å²) in [6, 6.07) is 62.5. The van der Waals surface area contributed by atoms with E-state index in [0.717, 1.165) is 11.4 Å². The molecular weight excluding hydrogens is 629 g/mol. The molecule has 1 aliphatic rings. The van der Waals surface area contributed by atoms with E-state index in [1.807, 2.05) is 0 Å². The quantitative estimate of drug-likeness (QED) is 0.159. The average molecular weight is 671 g/mol. The van der Waals surface area contributed by atoms with Crippen LogP contribution in [0.25, 0.3) is 43.8 Å². The highest BCUT2D eigenvalue weighted by Crippen LogP contribution is 2.51. The minimum atomic E-state index is 0.405. The van der Waals surface area contributed by atoms with E-state index < -0.39 is 0 Å². The van der Waals surface area contributed by atoms with Crippen LogP contribution in [0, 0.1) is 0 Å². The predicted molar refractivity (Wildman–Crippen MR) is 223 cm³/mol. The zero-order valence-corrected chi connectivity index (χ0v) is 30.2. The van der Waals surface area contributed by atoms with Gasteiger partial charge >= 0.3 is 0 Å². The molecule has 252 valence electrons. The molecule has 0 atom stereocenters. The van der Waals surface area contributed by atoms with Crippen LogP contribution in [0.1, 0.15) is 50.7 Å². The normalized spacial score (nSPS) is 11.8. The second-order valence-electron chi connectivity index (χ2n) is 14.6. The summed E-state index contributed by atoms with van der Waals surface area (Å²) in [5.41, 5.74) is 15.1. The Bertz CT molecular complexity index is 2390. The van der Waals surface area contributed by atoms with Crippen molar-refractivity contribution in [1.82, 2.24) is 0 Å². The molecule has 2 nitrogen and oxygen atoms in total. The zero-order valence-electron chi connectivity index (χ0n) is 30.2. The second kappa shape index (κ2) is 12.9. The SMILES string of the molecule is CC(C)c1ccccc1N(c1ccccc1)c1ccc2cc3c(cc2c1)-c1cc2ccc(N(c4ccccc4)c4ccccc4C(C)C)cc2cc1-3. The van der Waals surface area contributed by atoms with Gasteiger partial charge in [-0.15, -0.1) is 0 Å². The first-order chi connectivity index (χ1) is 25.4. The molecule has 0 radical (unpaired) electrons. The summed E-state index contributed by atoms with van der Waals surface area (Å²) in [7, 11) is 0. The molecule has 0 unspecified atom stereocenters. The number of rotatable bonds is 8. The molecule has 0 heterocycles. The molecule has 0 bridgehead atoms. The molecule has 8 aromatic carbocycles. The topological polar surface area (TPSA) is 6.48 Å². The molecule has 0 saturated heterocycles. The van der Waals surface area contributed by atoms with E-state index in [9.17, 15) is 0 Å². The Labute approximate surface area is 307 Å². The van der Waals surface area contributed by atoms with Crippen LogP contribution < -0.4 is 9.80 Å². The van der Waals surface area contributed by atoms with E-state index in [0.29, 0.717) is 11.8 Å². The molecule has 0 amide bonds. The lowest BCUT2D eigenvalue weighted by Gasteiger charge is -2.30. The molecule has 9 rings (SSSR count). The molecule has 0 fully saturated rings. The van der Waals surface area contributed by atoms with Crippen molar-refractivity contribution in [3.05, 3.63) is 181 Å². The van der Waals surface area contributed by atoms with Crippen molar-refractivity contribution in [2.75, 3.05) is 9.80 Å². The molecule has 2 heteroatoms. The zero-order chi connectivity index (χ0) is 35.3. The first kappa shape index (κ1) is 31.8. The number of anilines is 6. The van der Waals surface area contributed by atoms with Gasteiger partial charge < -0.3 is 9.80 Å². The monoisotopic (exact) mass is 670 g/mol. The highest BCUT2D eigenvalue weighted by molar-refractivity contribution is 6.12. The lowest BCUT2D eigenvalue weighted by molar-refractivity contribution is 0.864. The Morgan fingerprint density at radius 2 is 0.654 bits per heavy atom. The Morgan fingerprint density at radius 3 is 1.04 bits per heavy atom. The van der Waals surface area contributed by atoms with Gasteiger partial charge in [-0.05, 0) is 152 Å². The highest BCUT2D eigenvalue weighted by atomic mass is 15.1. The van der Waals surface area contributed by atoms with Crippen LogP contribution in [0.3, 0.4) is 0 Å². The molecule has 0 saturated carbocycles. The van der Waals surface area contributed by atoms with Gasteiger partial charge in [0.1, 0.15) is 0 Å². The van der Waals surface area contributed by atoms with Gasteiger partial charge in [-0.1, -0.05) is 113 Å². The summed E-state index contributed by atoms with van der Waals surface area (Å²) in [4.78, 5) is 4.82. The van der Waals surface area contributed by atoms with E-state index in [1.165, 1.54) is 77.7 Å². The van der Waals surface area contributed by atoms with Crippen LogP contribution in [0.2, 0.25) is 0 Å². The Morgan fingerprint density at radius 1 is 0.308 bits per heavy atom. The Hall–Kier alpha value is -6.12. The lowest BCUT2D eigenvalue weighted by Crippen LogP contribution is -2.12. The maximum absolute atomic E-state index is 2.41. The van der Waals surface area contributed by atoms with Crippen molar-refractivity contribution in [2.24, 2.45) is 0 Å². The number of nitrogens with zero attached hydrogens (tertiary/aromatic N) is 2. The van der Waals surface area contributed by atoms with Crippen molar-refractivity contribution in [2.45, 2.75) is 39.5 Å². The van der Waals surface area contributed by atoms with Gasteiger partial charge in [-0.3, -0.25) is 0 Å². The van der Waals surface area contributed by atoms with Crippen LogP contribution >= 0.6 is 0 Å². The summed E-state index contributed by atoms with van der Waals surface area (Å²) in [6.07, 6.45) is 0. The number of para-hydroxylation sites is 4. The van der Waals surface area contributed by atoms with Crippen molar-refractivity contribution in [1.29, 1.82) is 0 Å². The molecule has 0 aromatic heterocycles. The van der Waals surface area contributed by atoms with Gasteiger partial charge in [-0.25, -0.2) is 0 Å². The third-order valence-electron chi connectivity index (χ3n) is 10.6. The fraction of sp³-hybridized carbons (Fsp3) is 0.120. The summed E-state index contributed by atoms with van der Waals surface area (Å²) in [6.45, 7) is 9.09. The lowest BCUT2D eigenvalue weighted by atomic mass is 9.78. The standard InChI is InChI=1S/C50H42N2/c1-33(2)43-19-11-13-21-49(43)51(39-15-7-5-8-16-39)41-25-23-35-29-45-47(31-37(35)27-41)46-30-36-24-26-42(28-38(36)32-48(45)46)52(40-17-9-6-10-18-40)50-22-14-12-20-44(50)34(3)4/h5-34H,1-4H3. The van der Waals surface area contributed by atoms with E-state index in [-0.39, 0.29) is 0 Å². The number of hydrogen-bond donors (Lipinski definition) is 0. The van der Waals surface area contributed by atoms with Crippen LogP contribution in [0.5, 0.6) is 0 Å². The minimum Gasteiger partial charge on any atom is -0.310 e. The average Bonchev–Trinajstić information content (AvgIpc) is 3.18. The van der Waals surface area contributed by atoms with Crippen molar-refractivity contribution >= 4 is 55.7 Å². The van der Waals surface area contributed by atoms with Gasteiger partial charge in [0.2, 0.25) is 0 Å². The van der Waals surface area contributed by atoms with Crippen molar-refractivity contribution in [3.8, 4) is 22.3 Å². The summed E-state index contributed by atoms with van der Waals surface area (Å²) < 4.78 is 0. The van der Waals surface area contributed by atoms with Crippen LogP contribution in [0.15, 0.2) is 170 Å². The molecule has 1 aliphatic carbocycles. The third kappa shape index (κ3) is 5.43.